The molecule has 0 aliphatic heterocycles. The molecule has 2 N–H and O–H groups in total. The van der Waals surface area contributed by atoms with Gasteiger partial charge in [-0.3, -0.25) is 0 Å². The lowest BCUT2D eigenvalue weighted by Gasteiger charge is -2.06. The Balaban J connectivity index is 3.22. The molecule has 1 rings (SSSR count). The van der Waals surface area contributed by atoms with Gasteiger partial charge in [-0.25, -0.2) is 18.5 Å². The zero-order valence-corrected chi connectivity index (χ0v) is 9.62. The zero-order valence-electron chi connectivity index (χ0n) is 7.29. The number of pyridine rings is 1. The molecule has 0 spiro atoms. The predicted molar refractivity (Wildman–Crippen MR) is 55.8 cm³/mol. The maximum absolute atomic E-state index is 10.8. The number of aryl methyl sites for hydroxylation is 1. The fourth-order valence-corrected chi connectivity index (χ4v) is 2.44. The highest BCUT2D eigenvalue weighted by Crippen LogP contribution is 2.22. The van der Waals surface area contributed by atoms with Crippen molar-refractivity contribution in [2.24, 2.45) is 5.14 Å². The van der Waals surface area contributed by atoms with E-state index in [4.69, 9.17) is 28.3 Å². The van der Waals surface area contributed by atoms with Gasteiger partial charge in [0.15, 0.2) is 0 Å². The van der Waals surface area contributed by atoms with E-state index in [9.17, 15) is 8.42 Å². The van der Waals surface area contributed by atoms with Gasteiger partial charge >= 0.3 is 0 Å². The molecule has 1 heterocycles. The highest BCUT2D eigenvalue weighted by molar-refractivity contribution is 7.88. The molecular formula is C7H8Cl2N2O2S. The molecule has 0 unspecified atom stereocenters. The molecule has 0 bridgehead atoms. The minimum Gasteiger partial charge on any atom is -0.228 e. The number of hydrogen-bond donors (Lipinski definition) is 1. The summed E-state index contributed by atoms with van der Waals surface area (Å²) in [6.45, 7) is 1.69. The fraction of sp³-hybridized carbons (Fsp3) is 0.286. The lowest BCUT2D eigenvalue weighted by atomic mass is 10.2. The molecule has 7 heteroatoms. The molecule has 14 heavy (non-hydrogen) atoms. The van der Waals surface area contributed by atoms with Gasteiger partial charge in [-0.05, 0) is 18.6 Å². The molecular weight excluding hydrogens is 247 g/mol. The molecule has 0 amide bonds. The van der Waals surface area contributed by atoms with E-state index < -0.39 is 10.0 Å². The first-order valence-corrected chi connectivity index (χ1v) is 6.09. The minimum absolute atomic E-state index is 0.0732. The van der Waals surface area contributed by atoms with E-state index in [0.717, 1.165) is 0 Å². The van der Waals surface area contributed by atoms with Crippen LogP contribution in [0, 0.1) is 6.92 Å². The van der Waals surface area contributed by atoms with E-state index in [-0.39, 0.29) is 16.1 Å². The second kappa shape index (κ2) is 4.02. The molecule has 0 fully saturated rings. The van der Waals surface area contributed by atoms with Gasteiger partial charge in [0.05, 0.1) is 5.75 Å². The van der Waals surface area contributed by atoms with Crippen LogP contribution < -0.4 is 5.14 Å². The molecule has 1 aromatic heterocycles. The van der Waals surface area contributed by atoms with Crippen molar-refractivity contribution < 1.29 is 8.42 Å². The van der Waals surface area contributed by atoms with Gasteiger partial charge in [0.1, 0.15) is 10.3 Å². The molecule has 4 nitrogen and oxygen atoms in total. The summed E-state index contributed by atoms with van der Waals surface area (Å²) in [6.07, 6.45) is 0. The van der Waals surface area contributed by atoms with Gasteiger partial charge in [0, 0.05) is 5.56 Å². The largest absolute Gasteiger partial charge is 0.228 e. The Bertz CT molecular complexity index is 436. The smallest absolute Gasteiger partial charge is 0.213 e. The third kappa shape index (κ3) is 3.09. The highest BCUT2D eigenvalue weighted by Gasteiger charge is 2.13. The number of primary sulfonamides is 1. The molecule has 0 aliphatic rings. The second-order valence-electron chi connectivity index (χ2n) is 2.84. The van der Waals surface area contributed by atoms with E-state index in [1.54, 1.807) is 6.92 Å². The number of nitrogens with two attached hydrogens (primary N) is 1. The van der Waals surface area contributed by atoms with Crippen molar-refractivity contribution in [3.63, 3.8) is 0 Å². The van der Waals surface area contributed by atoms with E-state index in [2.05, 4.69) is 4.98 Å². The van der Waals surface area contributed by atoms with Crippen LogP contribution in [0.4, 0.5) is 0 Å². The molecule has 78 valence electrons. The van der Waals surface area contributed by atoms with Gasteiger partial charge in [0.2, 0.25) is 10.0 Å². The summed E-state index contributed by atoms with van der Waals surface area (Å²) in [5, 5.41) is 5.20. The van der Waals surface area contributed by atoms with Crippen LogP contribution in [0.2, 0.25) is 10.3 Å². The van der Waals surface area contributed by atoms with E-state index in [1.807, 2.05) is 0 Å². The van der Waals surface area contributed by atoms with Crippen molar-refractivity contribution in [1.82, 2.24) is 4.98 Å². The van der Waals surface area contributed by atoms with Crippen LogP contribution in [0.3, 0.4) is 0 Å². The van der Waals surface area contributed by atoms with Crippen LogP contribution in [0.1, 0.15) is 11.1 Å². The van der Waals surface area contributed by atoms with E-state index >= 15 is 0 Å². The Kier molecular flexibility index (Phi) is 3.36. The molecule has 0 aromatic carbocycles. The minimum atomic E-state index is -3.60. The monoisotopic (exact) mass is 254 g/mol. The number of nitrogens with zero attached hydrogens (tertiary/aromatic N) is 1. The maximum Gasteiger partial charge on any atom is 0.213 e. The van der Waals surface area contributed by atoms with Gasteiger partial charge in [-0.15, -0.1) is 0 Å². The molecule has 0 saturated heterocycles. The lowest BCUT2D eigenvalue weighted by molar-refractivity contribution is 0.597. The molecule has 1 aromatic rings. The highest BCUT2D eigenvalue weighted by atomic mass is 35.5. The number of aromatic nitrogens is 1. The standard InChI is InChI=1S/C7H8Cl2N2O2S/c1-4-2-6(8)11-7(9)5(4)3-14(10,12)13/h2H,3H2,1H3,(H2,10,12,13). The van der Waals surface area contributed by atoms with Gasteiger partial charge < -0.3 is 0 Å². The Hall–Kier alpha value is -0.360. The quantitative estimate of drug-likeness (QED) is 0.813. The van der Waals surface area contributed by atoms with E-state index in [1.165, 1.54) is 6.07 Å². The first kappa shape index (κ1) is 11.7. The summed E-state index contributed by atoms with van der Waals surface area (Å²) in [5.74, 6) is -0.332. The number of hydrogen-bond acceptors (Lipinski definition) is 3. The first-order valence-electron chi connectivity index (χ1n) is 3.61. The first-order chi connectivity index (χ1) is 6.29. The van der Waals surface area contributed by atoms with Crippen molar-refractivity contribution in [1.29, 1.82) is 0 Å². The zero-order chi connectivity index (χ0) is 10.9. The van der Waals surface area contributed by atoms with Crippen molar-refractivity contribution in [2.75, 3.05) is 0 Å². The van der Waals surface area contributed by atoms with Crippen LogP contribution in [0.5, 0.6) is 0 Å². The topological polar surface area (TPSA) is 73.0 Å². The van der Waals surface area contributed by atoms with E-state index in [0.29, 0.717) is 11.1 Å². The van der Waals surface area contributed by atoms with Crippen LogP contribution in [0.15, 0.2) is 6.07 Å². The third-order valence-electron chi connectivity index (χ3n) is 1.61. The Labute approximate surface area is 92.1 Å². The van der Waals surface area contributed by atoms with Gasteiger partial charge in [0.25, 0.3) is 0 Å². The average molecular weight is 255 g/mol. The van der Waals surface area contributed by atoms with Crippen molar-refractivity contribution >= 4 is 33.2 Å². The van der Waals surface area contributed by atoms with Gasteiger partial charge in [-0.2, -0.15) is 0 Å². The average Bonchev–Trinajstić information content (AvgIpc) is 1.95. The Morgan fingerprint density at radius 2 is 2.07 bits per heavy atom. The summed E-state index contributed by atoms with van der Waals surface area (Å²) in [6, 6.07) is 1.54. The predicted octanol–water partition coefficient (Wildman–Crippen LogP) is 1.49. The summed E-state index contributed by atoms with van der Waals surface area (Å²) in [4.78, 5) is 3.73. The number of sulfonamides is 1. The van der Waals surface area contributed by atoms with Crippen molar-refractivity contribution in [2.45, 2.75) is 12.7 Å². The Morgan fingerprint density at radius 1 is 1.50 bits per heavy atom. The number of rotatable bonds is 2. The van der Waals surface area contributed by atoms with Crippen LogP contribution >= 0.6 is 23.2 Å². The lowest BCUT2D eigenvalue weighted by Crippen LogP contribution is -2.15. The molecule has 0 aliphatic carbocycles. The SMILES string of the molecule is Cc1cc(Cl)nc(Cl)c1CS(N)(=O)=O. The summed E-state index contributed by atoms with van der Waals surface area (Å²) in [7, 11) is -3.60. The van der Waals surface area contributed by atoms with Crippen molar-refractivity contribution in [3.05, 3.63) is 27.5 Å². The maximum atomic E-state index is 10.8. The third-order valence-corrected chi connectivity index (χ3v) is 2.81. The summed E-state index contributed by atoms with van der Waals surface area (Å²) < 4.78 is 21.7. The van der Waals surface area contributed by atoms with Crippen LogP contribution in [-0.4, -0.2) is 13.4 Å². The second-order valence-corrected chi connectivity index (χ2v) is 5.20. The van der Waals surface area contributed by atoms with Crippen LogP contribution in [0.25, 0.3) is 0 Å². The Morgan fingerprint density at radius 3 is 2.50 bits per heavy atom. The number of halogens is 2. The molecule has 0 saturated carbocycles. The van der Waals surface area contributed by atoms with Crippen LogP contribution in [-0.2, 0) is 15.8 Å². The molecule has 0 atom stereocenters. The molecule has 0 radical (unpaired) electrons. The normalized spacial score (nSPS) is 11.7. The van der Waals surface area contributed by atoms with Crippen molar-refractivity contribution in [3.8, 4) is 0 Å². The van der Waals surface area contributed by atoms with Gasteiger partial charge in [-0.1, -0.05) is 23.2 Å². The fourth-order valence-electron chi connectivity index (χ4n) is 0.997. The summed E-state index contributed by atoms with van der Waals surface area (Å²) >= 11 is 11.3. The summed E-state index contributed by atoms with van der Waals surface area (Å²) in [5.41, 5.74) is 1.04.